The summed E-state index contributed by atoms with van der Waals surface area (Å²) in [6, 6.07) is 12.0. The fourth-order valence-electron chi connectivity index (χ4n) is 2.38. The van der Waals surface area contributed by atoms with E-state index in [1.165, 1.54) is 17.3 Å². The Morgan fingerprint density at radius 3 is 2.62 bits per heavy atom. The molecule has 134 valence electrons. The number of nitrogens with one attached hydrogen (secondary N) is 1. The van der Waals surface area contributed by atoms with Gasteiger partial charge in [-0.15, -0.1) is 0 Å². The van der Waals surface area contributed by atoms with Crippen LogP contribution in [-0.2, 0) is 11.4 Å². The van der Waals surface area contributed by atoms with Crippen molar-refractivity contribution in [3.63, 3.8) is 0 Å². The number of benzene rings is 2. The predicted molar refractivity (Wildman–Crippen MR) is 118 cm³/mol. The van der Waals surface area contributed by atoms with E-state index in [9.17, 15) is 4.79 Å². The Kier molecular flexibility index (Phi) is 6.20. The van der Waals surface area contributed by atoms with E-state index in [1.54, 1.807) is 13.2 Å². The Labute approximate surface area is 175 Å². The number of amides is 1. The number of aryl methyl sites for hydroxylation is 1. The quantitative estimate of drug-likeness (QED) is 0.370. The SMILES string of the molecule is COc1cc(/C=C2\SC(=S)NC2=O)cc(I)c1OCc1ccc(C)cc1. The zero-order chi connectivity index (χ0) is 18.7. The van der Waals surface area contributed by atoms with Crippen molar-refractivity contribution in [2.24, 2.45) is 0 Å². The van der Waals surface area contributed by atoms with Crippen LogP contribution in [0.5, 0.6) is 11.5 Å². The summed E-state index contributed by atoms with van der Waals surface area (Å²) in [4.78, 5) is 12.4. The highest BCUT2D eigenvalue weighted by Gasteiger charge is 2.22. The molecule has 1 N–H and O–H groups in total. The summed E-state index contributed by atoms with van der Waals surface area (Å²) in [5, 5.41) is 2.61. The lowest BCUT2D eigenvalue weighted by molar-refractivity contribution is -0.115. The molecule has 0 unspecified atom stereocenters. The van der Waals surface area contributed by atoms with E-state index >= 15 is 0 Å². The van der Waals surface area contributed by atoms with Gasteiger partial charge in [0, 0.05) is 0 Å². The van der Waals surface area contributed by atoms with Gasteiger partial charge in [-0.3, -0.25) is 4.79 Å². The molecule has 0 saturated carbocycles. The van der Waals surface area contributed by atoms with Crippen LogP contribution in [-0.4, -0.2) is 17.3 Å². The summed E-state index contributed by atoms with van der Waals surface area (Å²) in [7, 11) is 1.60. The summed E-state index contributed by atoms with van der Waals surface area (Å²) in [5.74, 6) is 1.14. The number of thiocarbonyl (C=S) groups is 1. The second-order valence-electron chi connectivity index (χ2n) is 5.66. The Balaban J connectivity index is 1.83. The molecule has 0 radical (unpaired) electrons. The van der Waals surface area contributed by atoms with Crippen LogP contribution >= 0.6 is 46.6 Å². The van der Waals surface area contributed by atoms with Gasteiger partial charge in [-0.2, -0.15) is 0 Å². The van der Waals surface area contributed by atoms with Crippen molar-refractivity contribution in [3.05, 3.63) is 61.6 Å². The molecule has 1 amide bonds. The molecule has 1 aliphatic heterocycles. The number of carbonyl (C=O) groups is 1. The third-order valence-corrected chi connectivity index (χ3v) is 5.66. The summed E-state index contributed by atoms with van der Waals surface area (Å²) < 4.78 is 12.9. The van der Waals surface area contributed by atoms with E-state index in [0.29, 0.717) is 27.3 Å². The average molecular weight is 497 g/mol. The molecular formula is C19H16INO3S2. The topological polar surface area (TPSA) is 47.6 Å². The average Bonchev–Trinajstić information content (AvgIpc) is 2.92. The molecule has 3 rings (SSSR count). The fraction of sp³-hybridized carbons (Fsp3) is 0.158. The molecule has 2 aromatic carbocycles. The number of hydrogen-bond donors (Lipinski definition) is 1. The minimum Gasteiger partial charge on any atom is -0.493 e. The summed E-state index contributed by atoms with van der Waals surface area (Å²) in [6.45, 7) is 2.51. The molecular weight excluding hydrogens is 481 g/mol. The van der Waals surface area contributed by atoms with Crippen molar-refractivity contribution in [1.82, 2.24) is 5.32 Å². The Bertz CT molecular complexity index is 894. The second kappa shape index (κ2) is 8.41. The first-order valence-corrected chi connectivity index (χ1v) is 10.1. The van der Waals surface area contributed by atoms with Crippen molar-refractivity contribution in [2.45, 2.75) is 13.5 Å². The molecule has 1 saturated heterocycles. The highest BCUT2D eigenvalue weighted by molar-refractivity contribution is 14.1. The lowest BCUT2D eigenvalue weighted by atomic mass is 10.1. The zero-order valence-corrected chi connectivity index (χ0v) is 18.0. The molecule has 0 aliphatic carbocycles. The van der Waals surface area contributed by atoms with Gasteiger partial charge in [-0.1, -0.05) is 53.8 Å². The number of rotatable bonds is 5. The van der Waals surface area contributed by atoms with Crippen LogP contribution in [0.1, 0.15) is 16.7 Å². The summed E-state index contributed by atoms with van der Waals surface area (Å²) >= 11 is 8.49. The Hall–Kier alpha value is -1.58. The minimum absolute atomic E-state index is 0.173. The smallest absolute Gasteiger partial charge is 0.263 e. The first kappa shape index (κ1) is 19.2. The molecule has 26 heavy (non-hydrogen) atoms. The van der Waals surface area contributed by atoms with Crippen LogP contribution in [0.25, 0.3) is 6.08 Å². The van der Waals surface area contributed by atoms with Gasteiger partial charge in [0.15, 0.2) is 11.5 Å². The van der Waals surface area contributed by atoms with E-state index in [1.807, 2.05) is 24.3 Å². The zero-order valence-electron chi connectivity index (χ0n) is 14.2. The molecule has 1 heterocycles. The molecule has 1 fully saturated rings. The van der Waals surface area contributed by atoms with Crippen LogP contribution in [0.4, 0.5) is 0 Å². The van der Waals surface area contributed by atoms with Gasteiger partial charge in [0.1, 0.15) is 10.9 Å². The van der Waals surface area contributed by atoms with Crippen molar-refractivity contribution >= 4 is 62.9 Å². The van der Waals surface area contributed by atoms with Crippen LogP contribution < -0.4 is 14.8 Å². The standard InChI is InChI=1S/C19H16INO3S2/c1-11-3-5-12(6-4-11)10-24-17-14(20)7-13(8-15(17)23-2)9-16-18(22)21-19(25)26-16/h3-9H,10H2,1-2H3,(H,21,22,25)/b16-9-. The maximum Gasteiger partial charge on any atom is 0.263 e. The molecule has 0 aromatic heterocycles. The molecule has 0 bridgehead atoms. The Morgan fingerprint density at radius 2 is 2.00 bits per heavy atom. The van der Waals surface area contributed by atoms with Gasteiger partial charge >= 0.3 is 0 Å². The number of thioether (sulfide) groups is 1. The maximum atomic E-state index is 11.8. The van der Waals surface area contributed by atoms with E-state index in [-0.39, 0.29) is 5.91 Å². The molecule has 7 heteroatoms. The lowest BCUT2D eigenvalue weighted by Crippen LogP contribution is -2.17. The van der Waals surface area contributed by atoms with Crippen LogP contribution in [0.15, 0.2) is 41.3 Å². The van der Waals surface area contributed by atoms with Crippen molar-refractivity contribution in [1.29, 1.82) is 0 Å². The summed E-state index contributed by atoms with van der Waals surface area (Å²) in [6.07, 6.45) is 1.80. The molecule has 0 spiro atoms. The summed E-state index contributed by atoms with van der Waals surface area (Å²) in [5.41, 5.74) is 3.16. The normalized spacial score (nSPS) is 15.3. The monoisotopic (exact) mass is 497 g/mol. The Morgan fingerprint density at radius 1 is 1.27 bits per heavy atom. The highest BCUT2D eigenvalue weighted by Crippen LogP contribution is 2.36. The third kappa shape index (κ3) is 4.57. The van der Waals surface area contributed by atoms with Gasteiger partial charge < -0.3 is 14.8 Å². The number of hydrogen-bond acceptors (Lipinski definition) is 5. The van der Waals surface area contributed by atoms with Crippen LogP contribution in [0.3, 0.4) is 0 Å². The van der Waals surface area contributed by atoms with Crippen LogP contribution in [0, 0.1) is 10.5 Å². The van der Waals surface area contributed by atoms with E-state index in [4.69, 9.17) is 21.7 Å². The first-order chi connectivity index (χ1) is 12.5. The number of carbonyl (C=O) groups excluding carboxylic acids is 1. The lowest BCUT2D eigenvalue weighted by Gasteiger charge is -2.14. The van der Waals surface area contributed by atoms with E-state index in [2.05, 4.69) is 47.0 Å². The van der Waals surface area contributed by atoms with E-state index < -0.39 is 0 Å². The van der Waals surface area contributed by atoms with Crippen molar-refractivity contribution < 1.29 is 14.3 Å². The van der Waals surface area contributed by atoms with Gasteiger partial charge in [0.2, 0.25) is 0 Å². The van der Waals surface area contributed by atoms with Crippen LogP contribution in [0.2, 0.25) is 0 Å². The third-order valence-electron chi connectivity index (χ3n) is 3.70. The van der Waals surface area contributed by atoms with Crippen molar-refractivity contribution in [2.75, 3.05) is 7.11 Å². The molecule has 4 nitrogen and oxygen atoms in total. The number of methoxy groups -OCH3 is 1. The number of ether oxygens (including phenoxy) is 2. The highest BCUT2D eigenvalue weighted by atomic mass is 127. The van der Waals surface area contributed by atoms with Gasteiger partial charge in [0.05, 0.1) is 15.6 Å². The predicted octanol–water partition coefficient (Wildman–Crippen LogP) is 4.68. The second-order valence-corrected chi connectivity index (χ2v) is 8.54. The number of halogens is 1. The fourth-order valence-corrected chi connectivity index (χ4v) is 4.20. The maximum absolute atomic E-state index is 11.8. The largest absolute Gasteiger partial charge is 0.493 e. The van der Waals surface area contributed by atoms with Gasteiger partial charge in [-0.05, 0) is 58.9 Å². The molecule has 1 aliphatic rings. The van der Waals surface area contributed by atoms with Crippen molar-refractivity contribution in [3.8, 4) is 11.5 Å². The molecule has 0 atom stereocenters. The van der Waals surface area contributed by atoms with Gasteiger partial charge in [0.25, 0.3) is 5.91 Å². The first-order valence-electron chi connectivity index (χ1n) is 7.77. The minimum atomic E-state index is -0.173. The van der Waals surface area contributed by atoms with E-state index in [0.717, 1.165) is 14.7 Å². The van der Waals surface area contributed by atoms with Gasteiger partial charge in [-0.25, -0.2) is 0 Å². The molecule has 2 aromatic rings.